The van der Waals surface area contributed by atoms with Crippen LogP contribution in [0.4, 0.5) is 0 Å². The zero-order valence-corrected chi connectivity index (χ0v) is 21.0. The van der Waals surface area contributed by atoms with E-state index in [1.54, 1.807) is 0 Å². The third-order valence-electron chi connectivity index (χ3n) is 8.12. The predicted octanol–water partition coefficient (Wildman–Crippen LogP) is 9.98. The number of nitrogens with zero attached hydrogens (tertiary/aromatic N) is 1. The number of hydrogen-bond acceptors (Lipinski definition) is 1. The van der Waals surface area contributed by atoms with E-state index in [-0.39, 0.29) is 0 Å². The third-order valence-corrected chi connectivity index (χ3v) is 8.12. The van der Waals surface area contributed by atoms with Crippen LogP contribution in [0.15, 0.2) is 132 Å². The molecule has 9 rings (SSSR count). The molecule has 3 heteroatoms. The summed E-state index contributed by atoms with van der Waals surface area (Å²) >= 11 is 0. The van der Waals surface area contributed by atoms with Crippen LogP contribution in [0, 0.1) is 0 Å². The molecule has 0 saturated heterocycles. The number of benzene rings is 6. The lowest BCUT2D eigenvalue weighted by Gasteiger charge is -2.07. The third kappa shape index (κ3) is 2.87. The number of fused-ring (bicyclic) bond motifs is 10. The number of aromatic nitrogens is 2. The molecule has 6 aromatic carbocycles. The minimum Gasteiger partial charge on any atom is -0.456 e. The van der Waals surface area contributed by atoms with Gasteiger partial charge in [-0.2, -0.15) is 0 Å². The lowest BCUT2D eigenvalue weighted by atomic mass is 10.0. The van der Waals surface area contributed by atoms with Gasteiger partial charge in [0.25, 0.3) is 0 Å². The van der Waals surface area contributed by atoms with Crippen molar-refractivity contribution in [2.45, 2.75) is 0 Å². The molecular formula is C36H22N2O. The summed E-state index contributed by atoms with van der Waals surface area (Å²) in [7, 11) is 0. The van der Waals surface area contributed by atoms with Crippen molar-refractivity contribution < 1.29 is 4.42 Å². The summed E-state index contributed by atoms with van der Waals surface area (Å²) in [5.74, 6) is 0. The van der Waals surface area contributed by atoms with E-state index in [2.05, 4.69) is 125 Å². The zero-order valence-electron chi connectivity index (χ0n) is 21.0. The first-order valence-corrected chi connectivity index (χ1v) is 13.3. The SMILES string of the molecule is c1ccc(-n2c3ccccc3c3c4c(ccc32)[nH]c2cc(-c3ccc5c(c3)oc3ccccc35)ccc24)cc1. The van der Waals surface area contributed by atoms with Gasteiger partial charge in [-0.3, -0.25) is 0 Å². The van der Waals surface area contributed by atoms with Crippen molar-refractivity contribution in [3.8, 4) is 16.8 Å². The molecule has 0 saturated carbocycles. The molecule has 0 aliphatic rings. The molecule has 0 aliphatic carbocycles. The van der Waals surface area contributed by atoms with Crippen LogP contribution in [0.5, 0.6) is 0 Å². The maximum Gasteiger partial charge on any atom is 0.136 e. The second-order valence-electron chi connectivity index (χ2n) is 10.3. The molecule has 182 valence electrons. The standard InChI is InChI=1S/C36H22N2O/c1-2-8-24(9-3-1)38-31-12-6-4-11-28(31)36-32(38)19-18-29-35(36)27-17-15-22(20-30(27)37-29)23-14-16-26-25-10-5-7-13-33(25)39-34(26)21-23/h1-21,37H. The van der Waals surface area contributed by atoms with E-state index < -0.39 is 0 Å². The molecule has 3 aromatic heterocycles. The van der Waals surface area contributed by atoms with Crippen LogP contribution in [0.3, 0.4) is 0 Å². The van der Waals surface area contributed by atoms with Crippen molar-refractivity contribution in [3.63, 3.8) is 0 Å². The molecule has 3 heterocycles. The quantitative estimate of drug-likeness (QED) is 0.253. The Morgan fingerprint density at radius 2 is 1.18 bits per heavy atom. The van der Waals surface area contributed by atoms with E-state index >= 15 is 0 Å². The van der Waals surface area contributed by atoms with E-state index in [9.17, 15) is 0 Å². The van der Waals surface area contributed by atoms with Gasteiger partial charge >= 0.3 is 0 Å². The van der Waals surface area contributed by atoms with Crippen molar-refractivity contribution in [2.24, 2.45) is 0 Å². The first-order chi connectivity index (χ1) is 19.3. The van der Waals surface area contributed by atoms with Crippen LogP contribution < -0.4 is 0 Å². The van der Waals surface area contributed by atoms with Gasteiger partial charge in [0.1, 0.15) is 11.2 Å². The average molecular weight is 499 g/mol. The smallest absolute Gasteiger partial charge is 0.136 e. The van der Waals surface area contributed by atoms with Gasteiger partial charge in [-0.15, -0.1) is 0 Å². The lowest BCUT2D eigenvalue weighted by Crippen LogP contribution is -1.92. The van der Waals surface area contributed by atoms with E-state index in [1.807, 2.05) is 12.1 Å². The molecule has 0 aliphatic heterocycles. The molecule has 0 bridgehead atoms. The second kappa shape index (κ2) is 7.62. The number of para-hydroxylation sites is 3. The molecule has 1 N–H and O–H groups in total. The van der Waals surface area contributed by atoms with Gasteiger partial charge < -0.3 is 14.0 Å². The van der Waals surface area contributed by atoms with E-state index in [1.165, 1.54) is 43.8 Å². The minimum atomic E-state index is 0.917. The number of nitrogens with one attached hydrogen (secondary N) is 1. The molecule has 0 fully saturated rings. The van der Waals surface area contributed by atoms with Crippen LogP contribution in [-0.2, 0) is 0 Å². The fourth-order valence-corrected chi connectivity index (χ4v) is 6.40. The highest BCUT2D eigenvalue weighted by atomic mass is 16.3. The van der Waals surface area contributed by atoms with Crippen LogP contribution in [0.1, 0.15) is 0 Å². The normalized spacial score (nSPS) is 12.1. The summed E-state index contributed by atoms with van der Waals surface area (Å²) in [4.78, 5) is 3.72. The van der Waals surface area contributed by atoms with Crippen LogP contribution in [0.25, 0.3) is 82.4 Å². The number of aromatic amines is 1. The van der Waals surface area contributed by atoms with Crippen molar-refractivity contribution in [1.82, 2.24) is 9.55 Å². The summed E-state index contributed by atoms with van der Waals surface area (Å²) in [6, 6.07) is 45.3. The van der Waals surface area contributed by atoms with Gasteiger partial charge in [-0.25, -0.2) is 0 Å². The predicted molar refractivity (Wildman–Crippen MR) is 163 cm³/mol. The number of rotatable bonds is 2. The van der Waals surface area contributed by atoms with Gasteiger partial charge in [0.05, 0.1) is 11.0 Å². The number of hydrogen-bond donors (Lipinski definition) is 1. The molecule has 0 spiro atoms. The average Bonchev–Trinajstić information content (AvgIpc) is 3.65. The largest absolute Gasteiger partial charge is 0.456 e. The molecule has 0 radical (unpaired) electrons. The summed E-state index contributed by atoms with van der Waals surface area (Å²) < 4.78 is 8.54. The minimum absolute atomic E-state index is 0.917. The van der Waals surface area contributed by atoms with Crippen LogP contribution >= 0.6 is 0 Å². The number of furan rings is 1. The van der Waals surface area contributed by atoms with Gasteiger partial charge in [-0.05, 0) is 65.7 Å². The summed E-state index contributed by atoms with van der Waals surface area (Å²) in [5.41, 5.74) is 10.1. The summed E-state index contributed by atoms with van der Waals surface area (Å²) in [5, 5.41) is 7.37. The molecule has 0 atom stereocenters. The highest BCUT2D eigenvalue weighted by Gasteiger charge is 2.17. The molecule has 0 unspecified atom stereocenters. The molecule has 0 amide bonds. The Morgan fingerprint density at radius 1 is 0.462 bits per heavy atom. The maximum atomic E-state index is 6.17. The highest BCUT2D eigenvalue weighted by Crippen LogP contribution is 2.41. The summed E-state index contributed by atoms with van der Waals surface area (Å²) in [6.45, 7) is 0. The fraction of sp³-hybridized carbons (Fsp3) is 0. The second-order valence-corrected chi connectivity index (χ2v) is 10.3. The monoisotopic (exact) mass is 498 g/mol. The molecule has 3 nitrogen and oxygen atoms in total. The van der Waals surface area contributed by atoms with Crippen molar-refractivity contribution in [3.05, 3.63) is 127 Å². The zero-order chi connectivity index (χ0) is 25.5. The van der Waals surface area contributed by atoms with Gasteiger partial charge in [-0.1, -0.05) is 72.8 Å². The van der Waals surface area contributed by atoms with Crippen LogP contribution in [-0.4, -0.2) is 9.55 Å². The van der Waals surface area contributed by atoms with Gasteiger partial charge in [0.2, 0.25) is 0 Å². The fourth-order valence-electron chi connectivity index (χ4n) is 6.40. The number of H-pyrrole nitrogens is 1. The van der Waals surface area contributed by atoms with Crippen molar-refractivity contribution in [1.29, 1.82) is 0 Å². The van der Waals surface area contributed by atoms with E-state index in [0.29, 0.717) is 0 Å². The molecule has 9 aromatic rings. The summed E-state index contributed by atoms with van der Waals surface area (Å²) in [6.07, 6.45) is 0. The maximum absolute atomic E-state index is 6.17. The Morgan fingerprint density at radius 3 is 2.08 bits per heavy atom. The Bertz CT molecular complexity index is 2390. The first kappa shape index (κ1) is 20.7. The molecular weight excluding hydrogens is 476 g/mol. The highest BCUT2D eigenvalue weighted by molar-refractivity contribution is 6.28. The van der Waals surface area contributed by atoms with E-state index in [0.717, 1.165) is 38.5 Å². The molecule has 39 heavy (non-hydrogen) atoms. The van der Waals surface area contributed by atoms with Crippen molar-refractivity contribution >= 4 is 65.6 Å². The Kier molecular flexibility index (Phi) is 4.05. The Balaban J connectivity index is 1.29. The topological polar surface area (TPSA) is 33.9 Å². The lowest BCUT2D eigenvalue weighted by molar-refractivity contribution is 0.669. The van der Waals surface area contributed by atoms with Gasteiger partial charge in [0.15, 0.2) is 0 Å². The van der Waals surface area contributed by atoms with E-state index in [4.69, 9.17) is 4.42 Å². The van der Waals surface area contributed by atoms with Crippen molar-refractivity contribution in [2.75, 3.05) is 0 Å². The Labute approximate surface area is 223 Å². The Hall–Kier alpha value is -5.28. The van der Waals surface area contributed by atoms with Gasteiger partial charge in [0, 0.05) is 49.0 Å². The first-order valence-electron chi connectivity index (χ1n) is 13.3. The van der Waals surface area contributed by atoms with Crippen LogP contribution in [0.2, 0.25) is 0 Å².